The number of benzene rings is 1. The van der Waals surface area contributed by atoms with E-state index in [-0.39, 0.29) is 5.56 Å². The van der Waals surface area contributed by atoms with Crippen molar-refractivity contribution in [3.63, 3.8) is 0 Å². The summed E-state index contributed by atoms with van der Waals surface area (Å²) < 4.78 is 39.4. The molecule has 0 unspecified atom stereocenters. The zero-order chi connectivity index (χ0) is 19.4. The molecule has 5 nitrogen and oxygen atoms in total. The summed E-state index contributed by atoms with van der Waals surface area (Å²) in [5, 5.41) is 5.97. The zero-order valence-corrected chi connectivity index (χ0v) is 14.8. The number of halogens is 3. The molecule has 0 radical (unpaired) electrons. The second-order valence-electron chi connectivity index (χ2n) is 5.89. The summed E-state index contributed by atoms with van der Waals surface area (Å²) in [5.74, 6) is 0.765. The monoisotopic (exact) mass is 373 g/mol. The van der Waals surface area contributed by atoms with Crippen LogP contribution < -0.4 is 10.6 Å². The lowest BCUT2D eigenvalue weighted by Crippen LogP contribution is -2.09. The largest absolute Gasteiger partial charge is 0.416 e. The van der Waals surface area contributed by atoms with E-state index in [4.69, 9.17) is 0 Å². The molecule has 0 amide bonds. The Balaban J connectivity index is 1.98. The molecule has 0 fully saturated rings. The number of alkyl halides is 3. The second kappa shape index (κ2) is 7.61. The molecule has 0 bridgehead atoms. The van der Waals surface area contributed by atoms with Gasteiger partial charge in [0.2, 0.25) is 5.95 Å². The average molecular weight is 373 g/mol. The van der Waals surface area contributed by atoms with Crippen LogP contribution in [0.4, 0.5) is 30.6 Å². The standard InChI is InChI=1S/C19H18F3N5/c1-3-24-18-26-16(13-5-4-8-23-11-13)10-17(27-18)25-14-7-6-12(2)15(9-14)19(20,21)22/h4-11H,3H2,1-2H3,(H2,24,25,26,27). The van der Waals surface area contributed by atoms with Crippen molar-refractivity contribution >= 4 is 17.5 Å². The maximum Gasteiger partial charge on any atom is 0.416 e. The highest BCUT2D eigenvalue weighted by molar-refractivity contribution is 5.67. The summed E-state index contributed by atoms with van der Waals surface area (Å²) >= 11 is 0. The summed E-state index contributed by atoms with van der Waals surface area (Å²) in [6, 6.07) is 9.40. The molecule has 3 rings (SSSR count). The summed E-state index contributed by atoms with van der Waals surface area (Å²) in [6.45, 7) is 3.95. The summed E-state index contributed by atoms with van der Waals surface area (Å²) in [4.78, 5) is 12.8. The molecule has 0 aliphatic carbocycles. The Morgan fingerprint density at radius 3 is 2.56 bits per heavy atom. The highest BCUT2D eigenvalue weighted by atomic mass is 19.4. The molecule has 27 heavy (non-hydrogen) atoms. The van der Waals surface area contributed by atoms with Crippen LogP contribution in [0.1, 0.15) is 18.1 Å². The van der Waals surface area contributed by atoms with Crippen molar-refractivity contribution in [2.75, 3.05) is 17.2 Å². The van der Waals surface area contributed by atoms with Gasteiger partial charge >= 0.3 is 6.18 Å². The third-order valence-corrected chi connectivity index (χ3v) is 3.83. The molecular weight excluding hydrogens is 355 g/mol. The van der Waals surface area contributed by atoms with Gasteiger partial charge in [-0.2, -0.15) is 18.2 Å². The molecule has 140 valence electrons. The molecule has 0 atom stereocenters. The average Bonchev–Trinajstić information content (AvgIpc) is 2.63. The van der Waals surface area contributed by atoms with E-state index in [0.29, 0.717) is 29.7 Å². The van der Waals surface area contributed by atoms with Crippen LogP contribution in [0.2, 0.25) is 0 Å². The number of rotatable bonds is 5. The zero-order valence-electron chi connectivity index (χ0n) is 14.8. The molecule has 1 aromatic carbocycles. The van der Waals surface area contributed by atoms with Crippen LogP contribution in [-0.4, -0.2) is 21.5 Å². The van der Waals surface area contributed by atoms with E-state index in [2.05, 4.69) is 25.6 Å². The Labute approximate surface area is 154 Å². The third-order valence-electron chi connectivity index (χ3n) is 3.83. The van der Waals surface area contributed by atoms with Gasteiger partial charge in [-0.25, -0.2) is 4.98 Å². The van der Waals surface area contributed by atoms with E-state index in [1.165, 1.54) is 13.0 Å². The molecule has 2 heterocycles. The van der Waals surface area contributed by atoms with E-state index in [9.17, 15) is 13.2 Å². The highest BCUT2D eigenvalue weighted by Gasteiger charge is 2.32. The number of nitrogens with one attached hydrogen (secondary N) is 2. The minimum absolute atomic E-state index is 0.167. The number of hydrogen-bond donors (Lipinski definition) is 2. The Bertz CT molecular complexity index is 926. The fraction of sp³-hybridized carbons (Fsp3) is 0.211. The fourth-order valence-electron chi connectivity index (χ4n) is 2.56. The third kappa shape index (κ3) is 4.52. The number of hydrogen-bond acceptors (Lipinski definition) is 5. The van der Waals surface area contributed by atoms with Gasteiger partial charge in [0.1, 0.15) is 5.82 Å². The van der Waals surface area contributed by atoms with Crippen molar-refractivity contribution in [3.05, 3.63) is 59.9 Å². The summed E-state index contributed by atoms with van der Waals surface area (Å²) in [5.41, 5.74) is 1.17. The van der Waals surface area contributed by atoms with Gasteiger partial charge < -0.3 is 10.6 Å². The quantitative estimate of drug-likeness (QED) is 0.656. The van der Waals surface area contributed by atoms with Gasteiger partial charge in [0, 0.05) is 36.3 Å². The molecule has 2 aromatic heterocycles. The topological polar surface area (TPSA) is 62.7 Å². The number of aromatic nitrogens is 3. The number of anilines is 3. The lowest BCUT2D eigenvalue weighted by Gasteiger charge is -2.14. The lowest BCUT2D eigenvalue weighted by molar-refractivity contribution is -0.138. The molecular formula is C19H18F3N5. The first-order valence-electron chi connectivity index (χ1n) is 8.35. The lowest BCUT2D eigenvalue weighted by atomic mass is 10.1. The maximum absolute atomic E-state index is 13.1. The van der Waals surface area contributed by atoms with Crippen molar-refractivity contribution in [1.82, 2.24) is 15.0 Å². The molecule has 0 aliphatic heterocycles. The van der Waals surface area contributed by atoms with E-state index in [0.717, 1.165) is 11.6 Å². The first kappa shape index (κ1) is 18.6. The van der Waals surface area contributed by atoms with E-state index in [1.807, 2.05) is 13.0 Å². The molecule has 8 heteroatoms. The van der Waals surface area contributed by atoms with Crippen molar-refractivity contribution in [2.24, 2.45) is 0 Å². The van der Waals surface area contributed by atoms with Crippen molar-refractivity contribution in [3.8, 4) is 11.3 Å². The first-order chi connectivity index (χ1) is 12.9. The van der Waals surface area contributed by atoms with Gasteiger partial charge in [0.25, 0.3) is 0 Å². The number of aryl methyl sites for hydroxylation is 1. The predicted molar refractivity (Wildman–Crippen MR) is 98.9 cm³/mol. The fourth-order valence-corrected chi connectivity index (χ4v) is 2.56. The van der Waals surface area contributed by atoms with Gasteiger partial charge in [-0.1, -0.05) is 6.07 Å². The Kier molecular flexibility index (Phi) is 5.25. The summed E-state index contributed by atoms with van der Waals surface area (Å²) in [6.07, 6.45) is -1.10. The van der Waals surface area contributed by atoms with Gasteiger partial charge in [-0.05, 0) is 43.7 Å². The predicted octanol–water partition coefficient (Wildman–Crippen LogP) is 5.04. The van der Waals surface area contributed by atoms with Crippen LogP contribution in [0, 0.1) is 6.92 Å². The van der Waals surface area contributed by atoms with Crippen LogP contribution in [-0.2, 0) is 6.18 Å². The van der Waals surface area contributed by atoms with Crippen molar-refractivity contribution < 1.29 is 13.2 Å². The molecule has 0 saturated heterocycles. The molecule has 0 saturated carbocycles. The number of pyridine rings is 1. The molecule has 3 aromatic rings. The van der Waals surface area contributed by atoms with Crippen LogP contribution in [0.3, 0.4) is 0 Å². The first-order valence-corrected chi connectivity index (χ1v) is 8.35. The van der Waals surface area contributed by atoms with Crippen LogP contribution in [0.5, 0.6) is 0 Å². The molecule has 0 spiro atoms. The van der Waals surface area contributed by atoms with Gasteiger partial charge in [0.15, 0.2) is 0 Å². The van der Waals surface area contributed by atoms with Gasteiger partial charge in [0.05, 0.1) is 11.3 Å². The highest BCUT2D eigenvalue weighted by Crippen LogP contribution is 2.34. The Hall–Kier alpha value is -3.16. The van der Waals surface area contributed by atoms with E-state index < -0.39 is 11.7 Å². The van der Waals surface area contributed by atoms with Gasteiger partial charge in [-0.15, -0.1) is 0 Å². The maximum atomic E-state index is 13.1. The minimum Gasteiger partial charge on any atom is -0.354 e. The Morgan fingerprint density at radius 2 is 1.89 bits per heavy atom. The van der Waals surface area contributed by atoms with Crippen LogP contribution in [0.15, 0.2) is 48.8 Å². The second-order valence-corrected chi connectivity index (χ2v) is 5.89. The van der Waals surface area contributed by atoms with Gasteiger partial charge in [-0.3, -0.25) is 4.98 Å². The SMILES string of the molecule is CCNc1nc(Nc2ccc(C)c(C(F)(F)F)c2)cc(-c2cccnc2)n1. The van der Waals surface area contributed by atoms with E-state index in [1.54, 1.807) is 30.6 Å². The van der Waals surface area contributed by atoms with Crippen LogP contribution in [0.25, 0.3) is 11.3 Å². The van der Waals surface area contributed by atoms with Crippen LogP contribution >= 0.6 is 0 Å². The van der Waals surface area contributed by atoms with Crippen molar-refractivity contribution in [2.45, 2.75) is 20.0 Å². The number of nitrogens with zero attached hydrogens (tertiary/aromatic N) is 3. The Morgan fingerprint density at radius 1 is 1.07 bits per heavy atom. The normalized spacial score (nSPS) is 11.3. The molecule has 0 aliphatic rings. The van der Waals surface area contributed by atoms with Crippen molar-refractivity contribution in [1.29, 1.82) is 0 Å². The molecule has 2 N–H and O–H groups in total. The summed E-state index contributed by atoms with van der Waals surface area (Å²) in [7, 11) is 0. The minimum atomic E-state index is -4.41. The smallest absolute Gasteiger partial charge is 0.354 e. The van der Waals surface area contributed by atoms with E-state index >= 15 is 0 Å².